The zero-order chi connectivity index (χ0) is 10.8. The number of likely N-dealkylation sites (N-methyl/N-ethyl adjacent to an activating group) is 1. The second-order valence-corrected chi connectivity index (χ2v) is 6.70. The van der Waals surface area contributed by atoms with Crippen molar-refractivity contribution in [2.75, 3.05) is 19.3 Å². The number of hydrogen-bond donors (Lipinski definition) is 1. The standard InChI is InChI=1S/C12H24N2S/c1-9(14(3)12-4-5-12)7-13-11-6-10(2)15-8-11/h9-13H,4-8H2,1-3H3. The minimum Gasteiger partial charge on any atom is -0.312 e. The SMILES string of the molecule is CC1CC(NCC(C)N(C)C2CC2)CS1. The summed E-state index contributed by atoms with van der Waals surface area (Å²) in [5.74, 6) is 1.31. The van der Waals surface area contributed by atoms with Gasteiger partial charge >= 0.3 is 0 Å². The molecule has 1 heterocycles. The maximum atomic E-state index is 3.71. The molecule has 0 amide bonds. The lowest BCUT2D eigenvalue weighted by molar-refractivity contribution is 0.236. The van der Waals surface area contributed by atoms with Gasteiger partial charge in [0.05, 0.1) is 0 Å². The molecule has 15 heavy (non-hydrogen) atoms. The van der Waals surface area contributed by atoms with E-state index < -0.39 is 0 Å². The summed E-state index contributed by atoms with van der Waals surface area (Å²) in [6.45, 7) is 5.84. The molecule has 1 aliphatic carbocycles. The first-order valence-electron chi connectivity index (χ1n) is 6.23. The van der Waals surface area contributed by atoms with Gasteiger partial charge in [-0.25, -0.2) is 0 Å². The van der Waals surface area contributed by atoms with Gasteiger partial charge in [-0.1, -0.05) is 6.92 Å². The van der Waals surface area contributed by atoms with Crippen LogP contribution in [0.25, 0.3) is 0 Å². The molecule has 88 valence electrons. The third kappa shape index (κ3) is 3.36. The van der Waals surface area contributed by atoms with Gasteiger partial charge in [0.15, 0.2) is 0 Å². The van der Waals surface area contributed by atoms with Crippen LogP contribution in [0.2, 0.25) is 0 Å². The van der Waals surface area contributed by atoms with Crippen molar-refractivity contribution >= 4 is 11.8 Å². The molecular formula is C12H24N2S. The molecule has 1 N–H and O–H groups in total. The van der Waals surface area contributed by atoms with E-state index in [9.17, 15) is 0 Å². The number of hydrogen-bond acceptors (Lipinski definition) is 3. The van der Waals surface area contributed by atoms with Gasteiger partial charge in [0.2, 0.25) is 0 Å². The van der Waals surface area contributed by atoms with E-state index in [2.05, 4.69) is 42.9 Å². The Balaban J connectivity index is 1.64. The molecule has 0 aromatic rings. The van der Waals surface area contributed by atoms with E-state index in [4.69, 9.17) is 0 Å². The second-order valence-electron chi connectivity index (χ2n) is 5.23. The molecule has 0 spiro atoms. The molecule has 0 bridgehead atoms. The predicted molar refractivity (Wildman–Crippen MR) is 68.6 cm³/mol. The zero-order valence-corrected chi connectivity index (χ0v) is 11.0. The third-order valence-electron chi connectivity index (χ3n) is 3.72. The Kier molecular flexibility index (Phi) is 3.97. The van der Waals surface area contributed by atoms with E-state index in [0.29, 0.717) is 6.04 Å². The highest BCUT2D eigenvalue weighted by molar-refractivity contribution is 8.00. The molecule has 0 radical (unpaired) electrons. The first-order chi connectivity index (χ1) is 7.16. The number of nitrogens with zero attached hydrogens (tertiary/aromatic N) is 1. The van der Waals surface area contributed by atoms with E-state index >= 15 is 0 Å². The first-order valence-corrected chi connectivity index (χ1v) is 7.28. The maximum Gasteiger partial charge on any atom is 0.0192 e. The predicted octanol–water partition coefficient (Wildman–Crippen LogP) is 1.95. The van der Waals surface area contributed by atoms with Crippen LogP contribution in [-0.2, 0) is 0 Å². The average Bonchev–Trinajstić information content (AvgIpc) is 2.98. The molecule has 2 aliphatic rings. The van der Waals surface area contributed by atoms with Gasteiger partial charge in [0.1, 0.15) is 0 Å². The van der Waals surface area contributed by atoms with Crippen LogP contribution >= 0.6 is 11.8 Å². The van der Waals surface area contributed by atoms with Crippen molar-refractivity contribution in [3.63, 3.8) is 0 Å². The molecule has 2 nitrogen and oxygen atoms in total. The summed E-state index contributed by atoms with van der Waals surface area (Å²) in [6.07, 6.45) is 4.18. The van der Waals surface area contributed by atoms with Gasteiger partial charge in [-0.3, -0.25) is 4.90 Å². The number of nitrogens with one attached hydrogen (secondary N) is 1. The molecule has 2 rings (SSSR count). The van der Waals surface area contributed by atoms with E-state index in [1.165, 1.54) is 25.0 Å². The summed E-state index contributed by atoms with van der Waals surface area (Å²) >= 11 is 2.11. The average molecular weight is 228 g/mol. The molecule has 3 unspecified atom stereocenters. The van der Waals surface area contributed by atoms with Gasteiger partial charge in [-0.15, -0.1) is 0 Å². The van der Waals surface area contributed by atoms with E-state index in [-0.39, 0.29) is 0 Å². The lowest BCUT2D eigenvalue weighted by atomic mass is 10.2. The quantitative estimate of drug-likeness (QED) is 0.774. The van der Waals surface area contributed by atoms with Gasteiger partial charge in [-0.2, -0.15) is 11.8 Å². The van der Waals surface area contributed by atoms with Crippen LogP contribution in [0.1, 0.15) is 33.1 Å². The van der Waals surface area contributed by atoms with Gasteiger partial charge < -0.3 is 5.32 Å². The number of thioether (sulfide) groups is 1. The molecule has 0 aromatic heterocycles. The highest BCUT2D eigenvalue weighted by Crippen LogP contribution is 2.28. The third-order valence-corrected chi connectivity index (χ3v) is 5.07. The summed E-state index contributed by atoms with van der Waals surface area (Å²) < 4.78 is 0. The summed E-state index contributed by atoms with van der Waals surface area (Å²) in [4.78, 5) is 2.54. The Hall–Kier alpha value is 0.270. The minimum absolute atomic E-state index is 0.693. The lowest BCUT2D eigenvalue weighted by Crippen LogP contribution is -2.42. The lowest BCUT2D eigenvalue weighted by Gasteiger charge is -2.26. The van der Waals surface area contributed by atoms with Gasteiger partial charge in [0.25, 0.3) is 0 Å². The smallest absolute Gasteiger partial charge is 0.0192 e. The molecular weight excluding hydrogens is 204 g/mol. The van der Waals surface area contributed by atoms with Crippen molar-refractivity contribution in [1.82, 2.24) is 10.2 Å². The topological polar surface area (TPSA) is 15.3 Å². The maximum absolute atomic E-state index is 3.71. The largest absolute Gasteiger partial charge is 0.312 e. The molecule has 1 saturated heterocycles. The summed E-state index contributed by atoms with van der Waals surface area (Å²) in [5.41, 5.74) is 0. The van der Waals surface area contributed by atoms with Crippen LogP contribution in [0.4, 0.5) is 0 Å². The van der Waals surface area contributed by atoms with E-state index in [0.717, 1.165) is 23.9 Å². The van der Waals surface area contributed by atoms with Crippen LogP contribution in [0.15, 0.2) is 0 Å². The monoisotopic (exact) mass is 228 g/mol. The van der Waals surface area contributed by atoms with Crippen molar-refractivity contribution in [2.24, 2.45) is 0 Å². The van der Waals surface area contributed by atoms with Crippen molar-refractivity contribution in [1.29, 1.82) is 0 Å². The van der Waals surface area contributed by atoms with Crippen LogP contribution in [0.3, 0.4) is 0 Å². The zero-order valence-electron chi connectivity index (χ0n) is 10.2. The fraction of sp³-hybridized carbons (Fsp3) is 1.00. The molecule has 1 aliphatic heterocycles. The van der Waals surface area contributed by atoms with E-state index in [1.807, 2.05) is 0 Å². The fourth-order valence-electron chi connectivity index (χ4n) is 2.28. The summed E-state index contributed by atoms with van der Waals surface area (Å²) in [6, 6.07) is 2.34. The Labute approximate surface area is 98.2 Å². The highest BCUT2D eigenvalue weighted by Gasteiger charge is 2.29. The van der Waals surface area contributed by atoms with E-state index in [1.54, 1.807) is 0 Å². The second kappa shape index (κ2) is 5.07. The Bertz CT molecular complexity index is 206. The highest BCUT2D eigenvalue weighted by atomic mass is 32.2. The Morgan fingerprint density at radius 3 is 2.73 bits per heavy atom. The van der Waals surface area contributed by atoms with Crippen LogP contribution in [0, 0.1) is 0 Å². The first kappa shape index (κ1) is 11.7. The van der Waals surface area contributed by atoms with Crippen LogP contribution < -0.4 is 5.32 Å². The van der Waals surface area contributed by atoms with Crippen molar-refractivity contribution in [2.45, 2.75) is 56.5 Å². The van der Waals surface area contributed by atoms with Crippen molar-refractivity contribution < 1.29 is 0 Å². The fourth-order valence-corrected chi connectivity index (χ4v) is 3.47. The Morgan fingerprint density at radius 2 is 2.20 bits per heavy atom. The molecule has 3 heteroatoms. The molecule has 2 fully saturated rings. The van der Waals surface area contributed by atoms with Crippen molar-refractivity contribution in [3.05, 3.63) is 0 Å². The van der Waals surface area contributed by atoms with Crippen LogP contribution in [0.5, 0.6) is 0 Å². The minimum atomic E-state index is 0.693. The van der Waals surface area contributed by atoms with Crippen LogP contribution in [-0.4, -0.2) is 47.6 Å². The van der Waals surface area contributed by atoms with Gasteiger partial charge in [-0.05, 0) is 33.2 Å². The van der Waals surface area contributed by atoms with Gasteiger partial charge in [0, 0.05) is 35.7 Å². The summed E-state index contributed by atoms with van der Waals surface area (Å²) in [5, 5.41) is 4.57. The Morgan fingerprint density at radius 1 is 1.47 bits per heavy atom. The van der Waals surface area contributed by atoms with Crippen molar-refractivity contribution in [3.8, 4) is 0 Å². The normalized spacial score (nSPS) is 33.6. The molecule has 0 aromatic carbocycles. The molecule has 1 saturated carbocycles. The number of rotatable bonds is 5. The molecule has 3 atom stereocenters. The summed E-state index contributed by atoms with van der Waals surface area (Å²) in [7, 11) is 2.27.